The van der Waals surface area contributed by atoms with Crippen molar-refractivity contribution in [3.63, 3.8) is 0 Å². The van der Waals surface area contributed by atoms with Crippen LogP contribution >= 0.6 is 0 Å². The molecule has 1 amide bonds. The maximum Gasteiger partial charge on any atom is 0.514 e. The third-order valence-electron chi connectivity index (χ3n) is 4.38. The minimum absolute atomic E-state index is 0.0920. The van der Waals surface area contributed by atoms with Gasteiger partial charge in [-0.2, -0.15) is 0 Å². The average molecular weight is 471 g/mol. The van der Waals surface area contributed by atoms with E-state index in [1.807, 2.05) is 0 Å². The Morgan fingerprint density at radius 3 is 2.24 bits per heavy atom. The monoisotopic (exact) mass is 471 g/mol. The summed E-state index contributed by atoms with van der Waals surface area (Å²) in [6.07, 6.45) is -0.526. The number of nitro groups is 2. The number of hydrogen-bond donors (Lipinski definition) is 1. The van der Waals surface area contributed by atoms with Gasteiger partial charge in [0.2, 0.25) is 0 Å². The zero-order valence-electron chi connectivity index (χ0n) is 17.6. The summed E-state index contributed by atoms with van der Waals surface area (Å²) in [7, 11) is 1.43. The van der Waals surface area contributed by atoms with Gasteiger partial charge >= 0.3 is 18.2 Å². The number of benzene rings is 2. The van der Waals surface area contributed by atoms with Gasteiger partial charge in [-0.05, 0) is 34.8 Å². The summed E-state index contributed by atoms with van der Waals surface area (Å²) in [5.74, 6) is -0.275. The molecule has 0 saturated heterocycles. The van der Waals surface area contributed by atoms with E-state index in [9.17, 15) is 29.8 Å². The molecule has 3 rings (SSSR count). The van der Waals surface area contributed by atoms with Crippen molar-refractivity contribution in [3.05, 3.63) is 86.2 Å². The number of ether oxygens (including phenoxy) is 3. The van der Waals surface area contributed by atoms with Gasteiger partial charge in [0.25, 0.3) is 5.69 Å². The summed E-state index contributed by atoms with van der Waals surface area (Å²) >= 11 is 0. The smallest absolute Gasteiger partial charge is 0.441 e. The number of nitro benzene ring substituents is 1. The van der Waals surface area contributed by atoms with Gasteiger partial charge in [-0.1, -0.05) is 17.1 Å². The summed E-state index contributed by atoms with van der Waals surface area (Å²) in [6.45, 7) is -0.332. The second-order valence-corrected chi connectivity index (χ2v) is 6.66. The topological polar surface area (TPSA) is 178 Å². The molecule has 1 N–H and O–H groups in total. The van der Waals surface area contributed by atoms with Gasteiger partial charge in [-0.15, -0.1) is 0 Å². The normalized spacial score (nSPS) is 10.3. The molecule has 1 heterocycles. The molecule has 0 spiro atoms. The van der Waals surface area contributed by atoms with Crippen molar-refractivity contribution in [2.24, 2.45) is 7.05 Å². The van der Waals surface area contributed by atoms with Crippen LogP contribution in [0.25, 0.3) is 0 Å². The van der Waals surface area contributed by atoms with Crippen molar-refractivity contribution in [2.45, 2.75) is 13.2 Å². The van der Waals surface area contributed by atoms with Crippen molar-refractivity contribution < 1.29 is 33.6 Å². The zero-order chi connectivity index (χ0) is 24.7. The van der Waals surface area contributed by atoms with Crippen LogP contribution in [0.2, 0.25) is 0 Å². The van der Waals surface area contributed by atoms with E-state index in [4.69, 9.17) is 14.2 Å². The third kappa shape index (κ3) is 6.25. The average Bonchev–Trinajstić information content (AvgIpc) is 3.18. The lowest BCUT2D eigenvalue weighted by atomic mass is 10.2. The highest BCUT2D eigenvalue weighted by Gasteiger charge is 2.18. The third-order valence-corrected chi connectivity index (χ3v) is 4.38. The summed E-state index contributed by atoms with van der Waals surface area (Å²) < 4.78 is 16.2. The summed E-state index contributed by atoms with van der Waals surface area (Å²) in [4.78, 5) is 47.5. The molecule has 3 aromatic rings. The number of nitrogens with zero attached hydrogens (tertiary/aromatic N) is 4. The molecule has 34 heavy (non-hydrogen) atoms. The summed E-state index contributed by atoms with van der Waals surface area (Å²) in [6, 6.07) is 11.2. The Kier molecular flexibility index (Phi) is 7.33. The molecular formula is C20H17N5O9. The SMILES string of the molecule is Cn1c(COC(=O)Nc2ccc(COC(=O)Oc3ccc([N+](=O)[O-])cc3)cc2)cnc1[N+](=O)[O-]. The van der Waals surface area contributed by atoms with Crippen molar-refractivity contribution in [2.75, 3.05) is 5.32 Å². The number of carbonyl (C=O) groups excluding carboxylic acids is 2. The van der Waals surface area contributed by atoms with Crippen molar-refractivity contribution >= 4 is 29.6 Å². The molecule has 176 valence electrons. The van der Waals surface area contributed by atoms with Crippen LogP contribution in [0, 0.1) is 20.2 Å². The Bertz CT molecular complexity index is 1210. The predicted molar refractivity (Wildman–Crippen MR) is 114 cm³/mol. The first-order valence-electron chi connectivity index (χ1n) is 9.49. The minimum atomic E-state index is -0.991. The van der Waals surface area contributed by atoms with Gasteiger partial charge in [0.1, 0.15) is 18.6 Å². The van der Waals surface area contributed by atoms with Gasteiger partial charge in [-0.25, -0.2) is 14.2 Å². The van der Waals surface area contributed by atoms with Crippen molar-refractivity contribution in [1.29, 1.82) is 0 Å². The Hall–Kier alpha value is -5.01. The van der Waals surface area contributed by atoms with Crippen LogP contribution in [-0.2, 0) is 29.7 Å². The summed E-state index contributed by atoms with van der Waals surface area (Å²) in [5.41, 5.74) is 1.20. The highest BCUT2D eigenvalue weighted by molar-refractivity contribution is 5.84. The second kappa shape index (κ2) is 10.5. The molecule has 0 saturated carbocycles. The van der Waals surface area contributed by atoms with Crippen molar-refractivity contribution in [1.82, 2.24) is 9.55 Å². The number of anilines is 1. The lowest BCUT2D eigenvalue weighted by Crippen LogP contribution is -2.15. The Labute approximate surface area is 191 Å². The van der Waals surface area contributed by atoms with Crippen LogP contribution in [-0.4, -0.2) is 31.6 Å². The molecule has 1 aromatic heterocycles. The van der Waals surface area contributed by atoms with E-state index in [1.165, 1.54) is 42.1 Å². The van der Waals surface area contributed by atoms with Gasteiger partial charge in [-0.3, -0.25) is 15.4 Å². The van der Waals surface area contributed by atoms with Crippen LogP contribution in [0.4, 0.5) is 26.9 Å². The Morgan fingerprint density at radius 1 is 0.971 bits per heavy atom. The van der Waals surface area contributed by atoms with Crippen LogP contribution in [0.5, 0.6) is 5.75 Å². The molecule has 14 heteroatoms. The molecule has 14 nitrogen and oxygen atoms in total. The van der Waals surface area contributed by atoms with Gasteiger partial charge in [0, 0.05) is 17.8 Å². The van der Waals surface area contributed by atoms with Crippen LogP contribution in [0.15, 0.2) is 54.7 Å². The first kappa shape index (κ1) is 23.6. The standard InChI is InChI=1S/C20H17N5O9/c1-23-16(10-21-18(23)25(30)31)12-32-19(26)22-14-4-2-13(3-5-14)11-33-20(27)34-17-8-6-15(7-9-17)24(28)29/h2-10H,11-12H2,1H3,(H,22,26). The summed E-state index contributed by atoms with van der Waals surface area (Å²) in [5, 5.41) is 23.9. The number of non-ortho nitro benzene ring substituents is 1. The molecule has 0 bridgehead atoms. The molecule has 0 radical (unpaired) electrons. The molecule has 0 aliphatic carbocycles. The van der Waals surface area contributed by atoms with E-state index in [0.717, 1.165) is 0 Å². The van der Waals surface area contributed by atoms with E-state index >= 15 is 0 Å². The number of carbonyl (C=O) groups is 2. The molecule has 0 fully saturated rings. The number of amides is 1. The number of nitrogens with one attached hydrogen (secondary N) is 1. The zero-order valence-corrected chi connectivity index (χ0v) is 17.6. The number of imidazole rings is 1. The molecule has 0 unspecified atom stereocenters. The van der Waals surface area contributed by atoms with E-state index < -0.39 is 22.1 Å². The van der Waals surface area contributed by atoms with E-state index in [1.54, 1.807) is 24.3 Å². The highest BCUT2D eigenvalue weighted by Crippen LogP contribution is 2.18. The largest absolute Gasteiger partial charge is 0.514 e. The van der Waals surface area contributed by atoms with Crippen LogP contribution in [0.1, 0.15) is 11.3 Å². The minimum Gasteiger partial charge on any atom is -0.441 e. The lowest BCUT2D eigenvalue weighted by molar-refractivity contribution is -0.396. The molecule has 2 aromatic carbocycles. The highest BCUT2D eigenvalue weighted by atomic mass is 16.7. The number of hydrogen-bond acceptors (Lipinski definition) is 10. The number of aromatic nitrogens is 2. The van der Waals surface area contributed by atoms with Crippen LogP contribution < -0.4 is 10.1 Å². The second-order valence-electron chi connectivity index (χ2n) is 6.66. The van der Waals surface area contributed by atoms with Gasteiger partial charge < -0.3 is 24.3 Å². The lowest BCUT2D eigenvalue weighted by Gasteiger charge is -2.08. The molecule has 0 aliphatic rings. The molecule has 0 atom stereocenters. The van der Waals surface area contributed by atoms with Gasteiger partial charge in [0.15, 0.2) is 12.3 Å². The Morgan fingerprint density at radius 2 is 1.65 bits per heavy atom. The fourth-order valence-corrected chi connectivity index (χ4v) is 2.62. The maximum absolute atomic E-state index is 11.9. The molecule has 0 aliphatic heterocycles. The van der Waals surface area contributed by atoms with Crippen LogP contribution in [0.3, 0.4) is 0 Å². The maximum atomic E-state index is 11.9. The first-order chi connectivity index (χ1) is 16.2. The Balaban J connectivity index is 1.43. The fraction of sp³-hybridized carbons (Fsp3) is 0.150. The van der Waals surface area contributed by atoms with E-state index in [0.29, 0.717) is 16.9 Å². The quantitative estimate of drug-likeness (QED) is 0.220. The molecular weight excluding hydrogens is 454 g/mol. The fourth-order valence-electron chi connectivity index (χ4n) is 2.62. The first-order valence-corrected chi connectivity index (χ1v) is 9.49. The van der Waals surface area contributed by atoms with Crippen molar-refractivity contribution in [3.8, 4) is 5.75 Å². The van der Waals surface area contributed by atoms with E-state index in [-0.39, 0.29) is 30.6 Å². The number of rotatable bonds is 8. The van der Waals surface area contributed by atoms with E-state index in [2.05, 4.69) is 10.3 Å². The predicted octanol–water partition coefficient (Wildman–Crippen LogP) is 3.70. The van der Waals surface area contributed by atoms with Gasteiger partial charge in [0.05, 0.1) is 12.0 Å².